The second-order valence-corrected chi connectivity index (χ2v) is 5.72. The Bertz CT molecular complexity index is 754. The number of methoxy groups -OCH3 is 1. The molecule has 2 aromatic carbocycles. The zero-order chi connectivity index (χ0) is 17.6. The summed E-state index contributed by atoms with van der Waals surface area (Å²) >= 11 is 0. The number of hydrogen-bond donors (Lipinski definition) is 0. The predicted molar refractivity (Wildman–Crippen MR) is 93.7 cm³/mol. The molecule has 0 spiro atoms. The van der Waals surface area contributed by atoms with Gasteiger partial charge in [-0.1, -0.05) is 12.1 Å². The Kier molecular flexibility index (Phi) is 5.68. The molecule has 132 valence electrons. The Morgan fingerprint density at radius 2 is 1.88 bits per heavy atom. The first-order chi connectivity index (χ1) is 12.2. The molecule has 1 aliphatic heterocycles. The summed E-state index contributed by atoms with van der Waals surface area (Å²) in [7, 11) is 1.39. The van der Waals surface area contributed by atoms with Crippen molar-refractivity contribution in [3.8, 4) is 16.9 Å². The summed E-state index contributed by atoms with van der Waals surface area (Å²) in [6, 6.07) is 11.5. The number of fused-ring (bicyclic) bond motifs is 3. The van der Waals surface area contributed by atoms with Gasteiger partial charge in [0, 0.05) is 6.61 Å². The largest absolute Gasteiger partial charge is 0.491 e. The number of benzene rings is 2. The van der Waals surface area contributed by atoms with Crippen LogP contribution in [0.3, 0.4) is 0 Å². The maximum absolute atomic E-state index is 11.8. The van der Waals surface area contributed by atoms with E-state index in [9.17, 15) is 4.79 Å². The van der Waals surface area contributed by atoms with Gasteiger partial charge in [-0.05, 0) is 53.4 Å². The van der Waals surface area contributed by atoms with Crippen molar-refractivity contribution in [3.63, 3.8) is 0 Å². The molecule has 0 bridgehead atoms. The zero-order valence-electron chi connectivity index (χ0n) is 14.5. The number of ether oxygens (including phenoxy) is 4. The maximum atomic E-state index is 11.8. The van der Waals surface area contributed by atoms with Crippen LogP contribution in [0.5, 0.6) is 5.75 Å². The lowest BCUT2D eigenvalue weighted by molar-refractivity contribution is 0.0600. The lowest BCUT2D eigenvalue weighted by Crippen LogP contribution is -2.06. The van der Waals surface area contributed by atoms with Crippen LogP contribution in [0.4, 0.5) is 0 Å². The lowest BCUT2D eigenvalue weighted by atomic mass is 9.94. The highest BCUT2D eigenvalue weighted by Crippen LogP contribution is 2.34. The summed E-state index contributed by atoms with van der Waals surface area (Å²) in [6.07, 6.45) is 0. The molecule has 0 N–H and O–H groups in total. The van der Waals surface area contributed by atoms with Crippen LogP contribution in [0.1, 0.15) is 28.4 Å². The van der Waals surface area contributed by atoms with E-state index in [1.165, 1.54) is 7.11 Å². The Labute approximate surface area is 147 Å². The van der Waals surface area contributed by atoms with Gasteiger partial charge in [-0.3, -0.25) is 0 Å². The average molecular weight is 342 g/mol. The topological polar surface area (TPSA) is 54.0 Å². The summed E-state index contributed by atoms with van der Waals surface area (Å²) < 4.78 is 21.6. The second-order valence-electron chi connectivity index (χ2n) is 5.72. The van der Waals surface area contributed by atoms with Gasteiger partial charge in [0.25, 0.3) is 0 Å². The Balaban J connectivity index is 1.89. The molecule has 1 aliphatic rings. The standard InChI is InChI=1S/C20H22O5/c1-3-23-8-9-25-17-6-7-18-16(10-17)13-24-12-15-5-4-14(11-19(15)18)20(21)22-2/h4-7,10-11H,3,8-9,12-13H2,1-2H3. The van der Waals surface area contributed by atoms with Gasteiger partial charge >= 0.3 is 5.97 Å². The molecule has 3 rings (SSSR count). The number of hydrogen-bond acceptors (Lipinski definition) is 5. The summed E-state index contributed by atoms with van der Waals surface area (Å²) in [5.74, 6) is 0.444. The number of rotatable bonds is 6. The van der Waals surface area contributed by atoms with E-state index in [-0.39, 0.29) is 5.97 Å². The van der Waals surface area contributed by atoms with Crippen LogP contribution < -0.4 is 4.74 Å². The molecule has 0 saturated heterocycles. The van der Waals surface area contributed by atoms with Crippen LogP contribution in [0.2, 0.25) is 0 Å². The average Bonchev–Trinajstić information content (AvgIpc) is 2.83. The molecular weight excluding hydrogens is 320 g/mol. The van der Waals surface area contributed by atoms with E-state index in [2.05, 4.69) is 0 Å². The van der Waals surface area contributed by atoms with Crippen molar-refractivity contribution >= 4 is 5.97 Å². The molecule has 0 unspecified atom stereocenters. The Morgan fingerprint density at radius 1 is 1.04 bits per heavy atom. The zero-order valence-corrected chi connectivity index (χ0v) is 14.5. The highest BCUT2D eigenvalue weighted by atomic mass is 16.5. The fourth-order valence-corrected chi connectivity index (χ4v) is 2.87. The van der Waals surface area contributed by atoms with Crippen molar-refractivity contribution in [1.82, 2.24) is 0 Å². The second kappa shape index (κ2) is 8.14. The van der Waals surface area contributed by atoms with E-state index < -0.39 is 0 Å². The highest BCUT2D eigenvalue weighted by Gasteiger charge is 2.18. The van der Waals surface area contributed by atoms with Gasteiger partial charge in [-0.2, -0.15) is 0 Å². The minimum Gasteiger partial charge on any atom is -0.491 e. The van der Waals surface area contributed by atoms with Gasteiger partial charge in [0.15, 0.2) is 0 Å². The molecule has 0 radical (unpaired) electrons. The lowest BCUT2D eigenvalue weighted by Gasteiger charge is -2.12. The third-order valence-corrected chi connectivity index (χ3v) is 4.11. The molecule has 0 amide bonds. The van der Waals surface area contributed by atoms with Gasteiger partial charge in [-0.25, -0.2) is 4.79 Å². The van der Waals surface area contributed by atoms with E-state index in [4.69, 9.17) is 18.9 Å². The van der Waals surface area contributed by atoms with Crippen molar-refractivity contribution in [2.45, 2.75) is 20.1 Å². The number of carbonyl (C=O) groups is 1. The minimum atomic E-state index is -0.342. The summed E-state index contributed by atoms with van der Waals surface area (Å²) in [5, 5.41) is 0. The van der Waals surface area contributed by atoms with Gasteiger partial charge in [-0.15, -0.1) is 0 Å². The number of carbonyl (C=O) groups excluding carboxylic acids is 1. The molecule has 0 aliphatic carbocycles. The predicted octanol–water partition coefficient (Wildman–Crippen LogP) is 3.59. The van der Waals surface area contributed by atoms with Crippen molar-refractivity contribution < 1.29 is 23.7 Å². The molecule has 5 heteroatoms. The van der Waals surface area contributed by atoms with Gasteiger partial charge < -0.3 is 18.9 Å². The summed E-state index contributed by atoms with van der Waals surface area (Å²) in [4.78, 5) is 11.8. The highest BCUT2D eigenvalue weighted by molar-refractivity contribution is 5.91. The monoisotopic (exact) mass is 342 g/mol. The maximum Gasteiger partial charge on any atom is 0.337 e. The van der Waals surface area contributed by atoms with Gasteiger partial charge in [0.2, 0.25) is 0 Å². The summed E-state index contributed by atoms with van der Waals surface area (Å²) in [5.41, 5.74) is 4.67. The normalized spacial score (nSPS) is 12.7. The van der Waals surface area contributed by atoms with Crippen molar-refractivity contribution in [2.75, 3.05) is 26.9 Å². The smallest absolute Gasteiger partial charge is 0.337 e. The van der Waals surface area contributed by atoms with Crippen LogP contribution in [0.25, 0.3) is 11.1 Å². The third-order valence-electron chi connectivity index (χ3n) is 4.11. The quantitative estimate of drug-likeness (QED) is 0.593. The molecule has 25 heavy (non-hydrogen) atoms. The fourth-order valence-electron chi connectivity index (χ4n) is 2.87. The number of esters is 1. The molecule has 0 saturated carbocycles. The molecule has 5 nitrogen and oxygen atoms in total. The van der Waals surface area contributed by atoms with Crippen LogP contribution in [0.15, 0.2) is 36.4 Å². The van der Waals surface area contributed by atoms with E-state index >= 15 is 0 Å². The van der Waals surface area contributed by atoms with Crippen LogP contribution in [-0.4, -0.2) is 32.9 Å². The van der Waals surface area contributed by atoms with Crippen LogP contribution in [0, 0.1) is 0 Å². The Hall–Kier alpha value is -2.37. The SMILES string of the molecule is CCOCCOc1ccc2c(c1)COCc1ccc(C(=O)OC)cc1-2. The first kappa shape index (κ1) is 17.5. The third kappa shape index (κ3) is 4.00. The van der Waals surface area contributed by atoms with Gasteiger partial charge in [0.1, 0.15) is 12.4 Å². The molecule has 0 aromatic heterocycles. The first-order valence-electron chi connectivity index (χ1n) is 8.35. The molecule has 0 fully saturated rings. The molecule has 0 atom stereocenters. The first-order valence-corrected chi connectivity index (χ1v) is 8.35. The van der Waals surface area contributed by atoms with E-state index in [1.807, 2.05) is 37.3 Å². The molecule has 1 heterocycles. The van der Waals surface area contributed by atoms with E-state index in [1.54, 1.807) is 6.07 Å². The molecular formula is C20H22O5. The fraction of sp³-hybridized carbons (Fsp3) is 0.350. The van der Waals surface area contributed by atoms with E-state index in [0.29, 0.717) is 38.6 Å². The molecule has 2 aromatic rings. The minimum absolute atomic E-state index is 0.342. The van der Waals surface area contributed by atoms with E-state index in [0.717, 1.165) is 28.0 Å². The van der Waals surface area contributed by atoms with Crippen molar-refractivity contribution in [1.29, 1.82) is 0 Å². The summed E-state index contributed by atoms with van der Waals surface area (Å²) in [6.45, 7) is 4.72. The van der Waals surface area contributed by atoms with Gasteiger partial charge in [0.05, 0.1) is 32.5 Å². The van der Waals surface area contributed by atoms with Crippen LogP contribution in [-0.2, 0) is 27.4 Å². The van der Waals surface area contributed by atoms with Crippen molar-refractivity contribution in [2.24, 2.45) is 0 Å². The van der Waals surface area contributed by atoms with Crippen LogP contribution >= 0.6 is 0 Å². The Morgan fingerprint density at radius 3 is 2.68 bits per heavy atom. The van der Waals surface area contributed by atoms with Crippen molar-refractivity contribution in [3.05, 3.63) is 53.1 Å².